The van der Waals surface area contributed by atoms with Crippen LogP contribution in [-0.2, 0) is 19.4 Å². The molecule has 0 bridgehead atoms. The fourth-order valence-electron chi connectivity index (χ4n) is 5.98. The van der Waals surface area contributed by atoms with Crippen molar-refractivity contribution in [2.24, 2.45) is 0 Å². The van der Waals surface area contributed by atoms with Gasteiger partial charge in [-0.05, 0) is 75.7 Å². The second-order valence-electron chi connectivity index (χ2n) is 10.4. The highest BCUT2D eigenvalue weighted by atomic mass is 16.7. The lowest BCUT2D eigenvalue weighted by Crippen LogP contribution is -2.39. The molecule has 0 N–H and O–H groups in total. The van der Waals surface area contributed by atoms with Crippen LogP contribution in [0.5, 0.6) is 23.0 Å². The van der Waals surface area contributed by atoms with Gasteiger partial charge in [0.05, 0.1) is 13.7 Å². The Balaban J connectivity index is 1.49. The maximum atomic E-state index is 11.3. The SMILES string of the molecule is CCCCOc1c(OC)cc(/C=C(\C#N)n2cc([N+](=O)[O-])nc2C)c2c1CN1CCc3cc4c(cc3C1C2)OCO4. The Morgan fingerprint density at radius 2 is 2.10 bits per heavy atom. The number of hydrogen-bond acceptors (Lipinski definition) is 9. The molecule has 3 aliphatic heterocycles. The molecule has 0 radical (unpaired) electrons. The number of rotatable bonds is 8. The largest absolute Gasteiger partial charge is 0.493 e. The number of unbranched alkanes of at least 4 members (excludes halogenated alkanes) is 1. The summed E-state index contributed by atoms with van der Waals surface area (Å²) >= 11 is 0. The predicted molar refractivity (Wildman–Crippen MR) is 150 cm³/mol. The molecule has 1 unspecified atom stereocenters. The smallest absolute Gasteiger partial charge is 0.382 e. The molecule has 11 nitrogen and oxygen atoms in total. The molecule has 0 saturated heterocycles. The van der Waals surface area contributed by atoms with Gasteiger partial charge in [-0.15, -0.1) is 0 Å². The van der Waals surface area contributed by atoms with Crippen molar-refractivity contribution in [2.45, 2.75) is 52.1 Å². The van der Waals surface area contributed by atoms with Crippen LogP contribution in [0.1, 0.15) is 59.4 Å². The van der Waals surface area contributed by atoms with Crippen LogP contribution in [0.2, 0.25) is 0 Å². The van der Waals surface area contributed by atoms with Gasteiger partial charge in [-0.3, -0.25) is 9.47 Å². The molecule has 4 heterocycles. The van der Waals surface area contributed by atoms with Gasteiger partial charge < -0.3 is 29.1 Å². The van der Waals surface area contributed by atoms with Crippen molar-refractivity contribution in [1.29, 1.82) is 5.26 Å². The summed E-state index contributed by atoms with van der Waals surface area (Å²) < 4.78 is 24.9. The number of benzene rings is 2. The van der Waals surface area contributed by atoms with E-state index in [9.17, 15) is 15.4 Å². The summed E-state index contributed by atoms with van der Waals surface area (Å²) in [6.07, 6.45) is 6.55. The van der Waals surface area contributed by atoms with Crippen molar-refractivity contribution in [3.8, 4) is 29.1 Å². The second kappa shape index (κ2) is 10.8. The van der Waals surface area contributed by atoms with Gasteiger partial charge in [0.15, 0.2) is 23.0 Å². The normalized spacial score (nSPS) is 17.3. The molecular formula is C30H31N5O6. The molecule has 0 aliphatic carbocycles. The molecule has 11 heteroatoms. The van der Waals surface area contributed by atoms with Gasteiger partial charge in [0, 0.05) is 31.6 Å². The Labute approximate surface area is 237 Å². The van der Waals surface area contributed by atoms with Crippen molar-refractivity contribution in [3.63, 3.8) is 0 Å². The average molecular weight is 558 g/mol. The topological polar surface area (TPSA) is 125 Å². The summed E-state index contributed by atoms with van der Waals surface area (Å²) in [4.78, 5) is 17.2. The molecular weight excluding hydrogens is 526 g/mol. The van der Waals surface area contributed by atoms with E-state index >= 15 is 0 Å². The molecule has 0 fully saturated rings. The maximum absolute atomic E-state index is 11.3. The van der Waals surface area contributed by atoms with E-state index in [4.69, 9.17) is 18.9 Å². The van der Waals surface area contributed by atoms with Crippen LogP contribution >= 0.6 is 0 Å². The molecule has 212 valence electrons. The highest BCUT2D eigenvalue weighted by molar-refractivity contribution is 5.82. The van der Waals surface area contributed by atoms with E-state index in [0.717, 1.165) is 59.7 Å². The number of nitriles is 1. The van der Waals surface area contributed by atoms with Gasteiger partial charge in [0.1, 0.15) is 18.0 Å². The van der Waals surface area contributed by atoms with Crippen molar-refractivity contribution >= 4 is 17.6 Å². The maximum Gasteiger partial charge on any atom is 0.382 e. The fourth-order valence-corrected chi connectivity index (χ4v) is 5.98. The summed E-state index contributed by atoms with van der Waals surface area (Å²) in [5.74, 6) is 2.92. The Hall–Kier alpha value is -4.56. The van der Waals surface area contributed by atoms with E-state index in [0.29, 0.717) is 31.1 Å². The van der Waals surface area contributed by atoms with E-state index in [-0.39, 0.29) is 24.3 Å². The molecule has 3 aromatic rings. The second-order valence-corrected chi connectivity index (χ2v) is 10.4. The minimum Gasteiger partial charge on any atom is -0.493 e. The molecule has 1 aromatic heterocycles. The van der Waals surface area contributed by atoms with E-state index in [2.05, 4.69) is 35.0 Å². The monoisotopic (exact) mass is 557 g/mol. The van der Waals surface area contributed by atoms with Gasteiger partial charge in [-0.1, -0.05) is 13.3 Å². The Morgan fingerprint density at radius 3 is 2.80 bits per heavy atom. The molecule has 3 aliphatic rings. The van der Waals surface area contributed by atoms with E-state index in [1.807, 2.05) is 6.07 Å². The first kappa shape index (κ1) is 26.7. The lowest BCUT2D eigenvalue weighted by Gasteiger charge is -2.42. The molecule has 2 aromatic carbocycles. The van der Waals surface area contributed by atoms with Crippen LogP contribution in [0.15, 0.2) is 24.4 Å². The van der Waals surface area contributed by atoms with E-state index in [1.165, 1.54) is 21.9 Å². The lowest BCUT2D eigenvalue weighted by molar-refractivity contribution is -0.389. The van der Waals surface area contributed by atoms with Crippen molar-refractivity contribution in [1.82, 2.24) is 14.5 Å². The Kier molecular flexibility index (Phi) is 7.01. The summed E-state index contributed by atoms with van der Waals surface area (Å²) in [7, 11) is 1.61. The number of ether oxygens (including phenoxy) is 4. The third-order valence-electron chi connectivity index (χ3n) is 8.05. The van der Waals surface area contributed by atoms with Gasteiger partial charge in [0.2, 0.25) is 12.6 Å². The molecule has 0 saturated carbocycles. The first-order valence-electron chi connectivity index (χ1n) is 13.8. The molecule has 1 atom stereocenters. The predicted octanol–water partition coefficient (Wildman–Crippen LogP) is 5.19. The summed E-state index contributed by atoms with van der Waals surface area (Å²) in [6.45, 7) is 6.10. The average Bonchev–Trinajstić information content (AvgIpc) is 3.60. The van der Waals surface area contributed by atoms with Crippen LogP contribution in [0, 0.1) is 28.4 Å². The number of allylic oxidation sites excluding steroid dienone is 1. The number of aryl methyl sites for hydroxylation is 1. The number of nitro groups is 1. The van der Waals surface area contributed by atoms with E-state index in [1.54, 1.807) is 20.1 Å². The number of nitrogens with zero attached hydrogens (tertiary/aromatic N) is 5. The first-order valence-corrected chi connectivity index (χ1v) is 13.8. The zero-order valence-electron chi connectivity index (χ0n) is 23.3. The third kappa shape index (κ3) is 4.74. The number of methoxy groups -OCH3 is 1. The lowest BCUT2D eigenvalue weighted by atomic mass is 9.81. The Morgan fingerprint density at radius 1 is 1.29 bits per heavy atom. The third-order valence-corrected chi connectivity index (χ3v) is 8.05. The Bertz CT molecular complexity index is 1600. The summed E-state index contributed by atoms with van der Waals surface area (Å²) in [5.41, 5.74) is 5.60. The van der Waals surface area contributed by atoms with Crippen molar-refractivity contribution in [3.05, 3.63) is 68.2 Å². The van der Waals surface area contributed by atoms with Crippen LogP contribution in [0.25, 0.3) is 11.8 Å². The van der Waals surface area contributed by atoms with Gasteiger partial charge in [0.25, 0.3) is 0 Å². The highest BCUT2D eigenvalue weighted by Gasteiger charge is 2.37. The van der Waals surface area contributed by atoms with Crippen LogP contribution in [0.3, 0.4) is 0 Å². The first-order chi connectivity index (χ1) is 19.9. The van der Waals surface area contributed by atoms with Gasteiger partial charge >= 0.3 is 5.82 Å². The summed E-state index contributed by atoms with van der Waals surface area (Å²) in [5, 5.41) is 21.5. The van der Waals surface area contributed by atoms with Gasteiger partial charge in [-0.2, -0.15) is 5.26 Å². The van der Waals surface area contributed by atoms with Crippen molar-refractivity contribution in [2.75, 3.05) is 27.1 Å². The molecule has 0 spiro atoms. The standard InChI is InChI=1S/C30H31N5O6/c1-4-5-8-39-30-24-15-33-7-6-19-10-26-27(41-17-40-26)13-23(19)25(33)12-22(24)20(11-28(30)38-3)9-21(14-31)34-16-29(35(36)37)32-18(34)2/h9-11,13,16,25H,4-8,12,15,17H2,1-3H3/b21-9+. The zero-order valence-corrected chi connectivity index (χ0v) is 23.3. The fraction of sp³-hybridized carbons (Fsp3) is 0.400. The number of fused-ring (bicyclic) bond motifs is 5. The van der Waals surface area contributed by atoms with E-state index < -0.39 is 4.92 Å². The highest BCUT2D eigenvalue weighted by Crippen LogP contribution is 2.48. The zero-order chi connectivity index (χ0) is 28.7. The minimum absolute atomic E-state index is 0.103. The number of imidazole rings is 1. The van der Waals surface area contributed by atoms with Crippen LogP contribution in [0.4, 0.5) is 5.82 Å². The number of hydrogen-bond donors (Lipinski definition) is 0. The number of aromatic nitrogens is 2. The van der Waals surface area contributed by atoms with Crippen LogP contribution in [-0.4, -0.2) is 46.4 Å². The minimum atomic E-state index is -0.563. The molecule has 41 heavy (non-hydrogen) atoms. The quantitative estimate of drug-likeness (QED) is 0.159. The van der Waals surface area contributed by atoms with Crippen molar-refractivity contribution < 1.29 is 23.9 Å². The molecule has 0 amide bonds. The van der Waals surface area contributed by atoms with Gasteiger partial charge in [-0.25, -0.2) is 0 Å². The van der Waals surface area contributed by atoms with Crippen LogP contribution < -0.4 is 18.9 Å². The summed E-state index contributed by atoms with van der Waals surface area (Å²) in [6, 6.07) is 8.41. The molecule has 6 rings (SSSR count).